The summed E-state index contributed by atoms with van der Waals surface area (Å²) in [6, 6.07) is 6.37. The first-order chi connectivity index (χ1) is 8.67. The lowest BCUT2D eigenvalue weighted by Gasteiger charge is -2.18. The van der Waals surface area contributed by atoms with Crippen molar-refractivity contribution in [3.05, 3.63) is 35.6 Å². The molecule has 0 aliphatic carbocycles. The van der Waals surface area contributed by atoms with Crippen LogP contribution in [0.1, 0.15) is 25.8 Å². The molecule has 1 amide bonds. The van der Waals surface area contributed by atoms with E-state index in [1.54, 1.807) is 12.1 Å². The molecule has 4 heteroatoms. The summed E-state index contributed by atoms with van der Waals surface area (Å²) in [5.41, 5.74) is 1.02. The Morgan fingerprint density at radius 1 is 1.22 bits per heavy atom. The van der Waals surface area contributed by atoms with E-state index in [1.165, 1.54) is 12.1 Å². The highest BCUT2D eigenvalue weighted by molar-refractivity contribution is 5.76. The first-order valence-electron chi connectivity index (χ1n) is 6.40. The lowest BCUT2D eigenvalue weighted by Crippen LogP contribution is -2.32. The molecule has 0 saturated heterocycles. The second-order valence-corrected chi connectivity index (χ2v) is 4.12. The van der Waals surface area contributed by atoms with Crippen LogP contribution in [0.4, 0.5) is 4.39 Å². The van der Waals surface area contributed by atoms with Crippen LogP contribution in [0.15, 0.2) is 24.3 Å². The maximum atomic E-state index is 12.7. The van der Waals surface area contributed by atoms with Crippen LogP contribution < -0.4 is 5.32 Å². The molecule has 0 bridgehead atoms. The topological polar surface area (TPSA) is 32.3 Å². The van der Waals surface area contributed by atoms with Crippen molar-refractivity contribution < 1.29 is 9.18 Å². The number of benzene rings is 1. The zero-order chi connectivity index (χ0) is 13.4. The van der Waals surface area contributed by atoms with Crippen LogP contribution in [0.5, 0.6) is 0 Å². The van der Waals surface area contributed by atoms with Gasteiger partial charge >= 0.3 is 0 Å². The van der Waals surface area contributed by atoms with Gasteiger partial charge in [0.15, 0.2) is 0 Å². The maximum absolute atomic E-state index is 12.7. The van der Waals surface area contributed by atoms with E-state index in [9.17, 15) is 9.18 Å². The smallest absolute Gasteiger partial charge is 0.223 e. The molecule has 0 saturated carbocycles. The van der Waals surface area contributed by atoms with E-state index in [1.807, 2.05) is 18.7 Å². The summed E-state index contributed by atoms with van der Waals surface area (Å²) in [5, 5.41) is 3.19. The number of carbonyl (C=O) groups excluding carboxylic acids is 1. The zero-order valence-electron chi connectivity index (χ0n) is 11.1. The van der Waals surface area contributed by atoms with Gasteiger partial charge in [0.05, 0.1) is 0 Å². The van der Waals surface area contributed by atoms with Crippen LogP contribution in [0.25, 0.3) is 0 Å². The molecule has 0 atom stereocenters. The van der Waals surface area contributed by atoms with Gasteiger partial charge in [0.1, 0.15) is 5.82 Å². The third-order valence-electron chi connectivity index (χ3n) is 2.87. The summed E-state index contributed by atoms with van der Waals surface area (Å²) < 4.78 is 12.7. The molecule has 0 fully saturated rings. The molecule has 0 aliphatic heterocycles. The molecule has 0 unspecified atom stereocenters. The molecular weight excluding hydrogens is 231 g/mol. The SMILES string of the molecule is CCN(CC)C(=O)CCNCc1ccc(F)cc1. The number of nitrogens with zero attached hydrogens (tertiary/aromatic N) is 1. The average Bonchev–Trinajstić information content (AvgIpc) is 2.38. The molecule has 100 valence electrons. The van der Waals surface area contributed by atoms with Gasteiger partial charge in [0.2, 0.25) is 5.91 Å². The minimum Gasteiger partial charge on any atom is -0.343 e. The van der Waals surface area contributed by atoms with E-state index < -0.39 is 0 Å². The predicted molar refractivity (Wildman–Crippen MR) is 70.7 cm³/mol. The summed E-state index contributed by atoms with van der Waals surface area (Å²) in [6.45, 7) is 6.78. The molecular formula is C14H21FN2O. The Morgan fingerprint density at radius 2 is 1.83 bits per heavy atom. The van der Waals surface area contributed by atoms with Crippen LogP contribution in [0.3, 0.4) is 0 Å². The second-order valence-electron chi connectivity index (χ2n) is 4.12. The van der Waals surface area contributed by atoms with Gasteiger partial charge in [-0.15, -0.1) is 0 Å². The quantitative estimate of drug-likeness (QED) is 0.754. The van der Waals surface area contributed by atoms with Gasteiger partial charge in [-0.3, -0.25) is 4.79 Å². The zero-order valence-corrected chi connectivity index (χ0v) is 11.1. The number of hydrogen-bond donors (Lipinski definition) is 1. The maximum Gasteiger partial charge on any atom is 0.223 e. The van der Waals surface area contributed by atoms with E-state index in [0.717, 1.165) is 18.7 Å². The highest BCUT2D eigenvalue weighted by Crippen LogP contribution is 2.02. The lowest BCUT2D eigenvalue weighted by atomic mass is 10.2. The summed E-state index contributed by atoms with van der Waals surface area (Å²) >= 11 is 0. The van der Waals surface area contributed by atoms with Crippen LogP contribution >= 0.6 is 0 Å². The highest BCUT2D eigenvalue weighted by atomic mass is 19.1. The Balaban J connectivity index is 2.22. The van der Waals surface area contributed by atoms with E-state index in [0.29, 0.717) is 19.5 Å². The Kier molecular flexibility index (Phi) is 6.36. The van der Waals surface area contributed by atoms with E-state index >= 15 is 0 Å². The van der Waals surface area contributed by atoms with Gasteiger partial charge in [-0.25, -0.2) is 4.39 Å². The minimum absolute atomic E-state index is 0.173. The fourth-order valence-electron chi connectivity index (χ4n) is 1.76. The van der Waals surface area contributed by atoms with E-state index in [-0.39, 0.29) is 11.7 Å². The Morgan fingerprint density at radius 3 is 2.39 bits per heavy atom. The number of halogens is 1. The molecule has 0 aromatic heterocycles. The van der Waals surface area contributed by atoms with Crippen LogP contribution in [0.2, 0.25) is 0 Å². The minimum atomic E-state index is -0.226. The first-order valence-corrected chi connectivity index (χ1v) is 6.40. The third-order valence-corrected chi connectivity index (χ3v) is 2.87. The van der Waals surface area contributed by atoms with Crippen molar-refractivity contribution in [3.63, 3.8) is 0 Å². The lowest BCUT2D eigenvalue weighted by molar-refractivity contribution is -0.130. The van der Waals surface area contributed by atoms with Gasteiger partial charge in [0, 0.05) is 32.6 Å². The monoisotopic (exact) mass is 252 g/mol. The van der Waals surface area contributed by atoms with E-state index in [2.05, 4.69) is 5.32 Å². The number of rotatable bonds is 7. The number of amides is 1. The third kappa shape index (κ3) is 4.84. The van der Waals surface area contributed by atoms with Crippen molar-refractivity contribution in [2.24, 2.45) is 0 Å². The van der Waals surface area contributed by atoms with Gasteiger partial charge in [-0.05, 0) is 31.5 Å². The van der Waals surface area contributed by atoms with Crippen LogP contribution in [-0.4, -0.2) is 30.4 Å². The standard InChI is InChI=1S/C14H21FN2O/c1-3-17(4-2)14(18)9-10-16-11-12-5-7-13(15)8-6-12/h5-8,16H,3-4,9-11H2,1-2H3. The van der Waals surface area contributed by atoms with Gasteiger partial charge in [0.25, 0.3) is 0 Å². The van der Waals surface area contributed by atoms with E-state index in [4.69, 9.17) is 0 Å². The van der Waals surface area contributed by atoms with Crippen molar-refractivity contribution in [3.8, 4) is 0 Å². The summed E-state index contributed by atoms with van der Waals surface area (Å²) in [6.07, 6.45) is 0.503. The summed E-state index contributed by atoms with van der Waals surface area (Å²) in [4.78, 5) is 13.5. The fraction of sp³-hybridized carbons (Fsp3) is 0.500. The second kappa shape index (κ2) is 7.82. The number of carbonyl (C=O) groups is 1. The molecule has 1 aromatic carbocycles. The fourth-order valence-corrected chi connectivity index (χ4v) is 1.76. The van der Waals surface area contributed by atoms with Crippen molar-refractivity contribution in [1.82, 2.24) is 10.2 Å². The molecule has 0 radical (unpaired) electrons. The molecule has 3 nitrogen and oxygen atoms in total. The summed E-state index contributed by atoms with van der Waals surface area (Å²) in [5.74, 6) is -0.0536. The largest absolute Gasteiger partial charge is 0.343 e. The Hall–Kier alpha value is -1.42. The Labute approximate surface area is 108 Å². The number of hydrogen-bond acceptors (Lipinski definition) is 2. The Bertz CT molecular complexity index is 361. The first kappa shape index (κ1) is 14.6. The predicted octanol–water partition coefficient (Wildman–Crippen LogP) is 2.17. The van der Waals surface area contributed by atoms with Crippen LogP contribution in [0, 0.1) is 5.82 Å². The van der Waals surface area contributed by atoms with Crippen molar-refractivity contribution >= 4 is 5.91 Å². The molecule has 18 heavy (non-hydrogen) atoms. The molecule has 1 N–H and O–H groups in total. The van der Waals surface area contributed by atoms with Crippen LogP contribution in [-0.2, 0) is 11.3 Å². The normalized spacial score (nSPS) is 10.4. The molecule has 0 heterocycles. The van der Waals surface area contributed by atoms with Crippen molar-refractivity contribution in [2.75, 3.05) is 19.6 Å². The average molecular weight is 252 g/mol. The van der Waals surface area contributed by atoms with Gasteiger partial charge in [-0.1, -0.05) is 12.1 Å². The molecule has 0 aliphatic rings. The molecule has 1 rings (SSSR count). The highest BCUT2D eigenvalue weighted by Gasteiger charge is 2.07. The van der Waals surface area contributed by atoms with Gasteiger partial charge in [-0.2, -0.15) is 0 Å². The van der Waals surface area contributed by atoms with Gasteiger partial charge < -0.3 is 10.2 Å². The number of nitrogens with one attached hydrogen (secondary N) is 1. The molecule has 1 aromatic rings. The van der Waals surface area contributed by atoms with Crippen molar-refractivity contribution in [1.29, 1.82) is 0 Å². The molecule has 0 spiro atoms. The summed E-state index contributed by atoms with van der Waals surface area (Å²) in [7, 11) is 0. The van der Waals surface area contributed by atoms with Crippen molar-refractivity contribution in [2.45, 2.75) is 26.8 Å².